The fourth-order valence-electron chi connectivity index (χ4n) is 2.67. The zero-order chi connectivity index (χ0) is 12.8. The molecule has 0 bridgehead atoms. The molecule has 4 heteroatoms. The van der Waals surface area contributed by atoms with Crippen molar-refractivity contribution in [2.75, 3.05) is 45.8 Å². The number of thiophene rings is 1. The van der Waals surface area contributed by atoms with Crippen LogP contribution in [0, 0.1) is 0 Å². The maximum atomic E-state index is 3.43. The number of nitrogens with zero attached hydrogens (tertiary/aromatic N) is 2. The lowest BCUT2D eigenvalue weighted by Gasteiger charge is -2.35. The molecule has 0 spiro atoms. The Bertz CT molecular complexity index is 316. The molecule has 1 N–H and O–H groups in total. The first-order valence-corrected chi connectivity index (χ1v) is 7.93. The topological polar surface area (TPSA) is 18.5 Å². The van der Waals surface area contributed by atoms with Gasteiger partial charge in [-0.05, 0) is 24.5 Å². The van der Waals surface area contributed by atoms with Gasteiger partial charge in [-0.1, -0.05) is 19.9 Å². The van der Waals surface area contributed by atoms with Gasteiger partial charge in [0.25, 0.3) is 0 Å². The third kappa shape index (κ3) is 3.54. The predicted octanol–water partition coefficient (Wildman–Crippen LogP) is 2.04. The van der Waals surface area contributed by atoms with Crippen molar-refractivity contribution in [2.24, 2.45) is 0 Å². The van der Waals surface area contributed by atoms with E-state index in [4.69, 9.17) is 0 Å². The summed E-state index contributed by atoms with van der Waals surface area (Å²) in [5.41, 5.74) is 0. The molecule has 0 aliphatic carbocycles. The van der Waals surface area contributed by atoms with Crippen molar-refractivity contribution in [2.45, 2.75) is 19.9 Å². The Morgan fingerprint density at radius 1 is 1.33 bits per heavy atom. The lowest BCUT2D eigenvalue weighted by Crippen LogP contribution is -2.47. The fraction of sp³-hybridized carbons (Fsp3) is 0.714. The highest BCUT2D eigenvalue weighted by molar-refractivity contribution is 7.10. The van der Waals surface area contributed by atoms with E-state index in [1.54, 1.807) is 0 Å². The van der Waals surface area contributed by atoms with E-state index >= 15 is 0 Å². The summed E-state index contributed by atoms with van der Waals surface area (Å²) in [6, 6.07) is 5.03. The van der Waals surface area contributed by atoms with Crippen LogP contribution in [0.3, 0.4) is 0 Å². The molecule has 1 unspecified atom stereocenters. The van der Waals surface area contributed by atoms with Crippen LogP contribution < -0.4 is 5.32 Å². The lowest BCUT2D eigenvalue weighted by molar-refractivity contribution is 0.140. The van der Waals surface area contributed by atoms with Crippen molar-refractivity contribution in [1.82, 2.24) is 15.1 Å². The van der Waals surface area contributed by atoms with E-state index in [9.17, 15) is 0 Å². The Morgan fingerprint density at radius 2 is 2.06 bits per heavy atom. The maximum absolute atomic E-state index is 3.43. The van der Waals surface area contributed by atoms with Crippen molar-refractivity contribution in [3.05, 3.63) is 22.4 Å². The van der Waals surface area contributed by atoms with Gasteiger partial charge >= 0.3 is 0 Å². The number of hydrogen-bond acceptors (Lipinski definition) is 4. The van der Waals surface area contributed by atoms with Crippen LogP contribution in [0.1, 0.15) is 24.8 Å². The molecule has 0 amide bonds. The molecule has 0 aromatic carbocycles. The third-order valence-electron chi connectivity index (χ3n) is 3.77. The summed E-state index contributed by atoms with van der Waals surface area (Å²) in [6.45, 7) is 12.6. The van der Waals surface area contributed by atoms with Crippen molar-refractivity contribution < 1.29 is 0 Å². The molecule has 1 aliphatic heterocycles. The van der Waals surface area contributed by atoms with E-state index in [2.05, 4.69) is 46.5 Å². The Morgan fingerprint density at radius 3 is 2.61 bits per heavy atom. The summed E-state index contributed by atoms with van der Waals surface area (Å²) in [5, 5.41) is 5.63. The van der Waals surface area contributed by atoms with E-state index in [0.29, 0.717) is 6.04 Å². The number of piperazine rings is 1. The third-order valence-corrected chi connectivity index (χ3v) is 4.74. The number of rotatable bonds is 6. The molecule has 18 heavy (non-hydrogen) atoms. The van der Waals surface area contributed by atoms with Crippen LogP contribution >= 0.6 is 11.3 Å². The highest BCUT2D eigenvalue weighted by Gasteiger charge is 2.22. The van der Waals surface area contributed by atoms with Gasteiger partial charge < -0.3 is 5.32 Å². The molecule has 1 saturated heterocycles. The Balaban J connectivity index is 2.04. The zero-order valence-corrected chi connectivity index (χ0v) is 12.4. The Labute approximate surface area is 115 Å². The zero-order valence-electron chi connectivity index (χ0n) is 11.6. The summed E-state index contributed by atoms with van der Waals surface area (Å²) in [6.07, 6.45) is 0. The summed E-state index contributed by atoms with van der Waals surface area (Å²) < 4.78 is 0. The lowest BCUT2D eigenvalue weighted by atomic mass is 10.1. The average Bonchev–Trinajstić information content (AvgIpc) is 2.94. The van der Waals surface area contributed by atoms with Gasteiger partial charge in [0, 0.05) is 37.6 Å². The Kier molecular flexibility index (Phi) is 5.63. The van der Waals surface area contributed by atoms with Crippen LogP contribution in [0.4, 0.5) is 0 Å². The van der Waals surface area contributed by atoms with Gasteiger partial charge in [0.15, 0.2) is 0 Å². The highest BCUT2D eigenvalue weighted by Crippen LogP contribution is 2.26. The SMILES string of the molecule is CCN(CC)C(CN1CCNCC1)c1cccs1. The number of nitrogens with one attached hydrogen (secondary N) is 1. The summed E-state index contributed by atoms with van der Waals surface area (Å²) in [7, 11) is 0. The molecular weight excluding hydrogens is 242 g/mol. The van der Waals surface area contributed by atoms with Crippen molar-refractivity contribution in [3.63, 3.8) is 0 Å². The summed E-state index contributed by atoms with van der Waals surface area (Å²) in [4.78, 5) is 6.69. The highest BCUT2D eigenvalue weighted by atomic mass is 32.1. The molecule has 1 aromatic rings. The molecular formula is C14H25N3S. The van der Waals surface area contributed by atoms with Crippen molar-refractivity contribution in [1.29, 1.82) is 0 Å². The van der Waals surface area contributed by atoms with Gasteiger partial charge in [0.05, 0.1) is 6.04 Å². The maximum Gasteiger partial charge on any atom is 0.0568 e. The minimum atomic E-state index is 0.568. The second-order valence-corrected chi connectivity index (χ2v) is 5.78. The molecule has 3 nitrogen and oxygen atoms in total. The van der Waals surface area contributed by atoms with Gasteiger partial charge in [-0.2, -0.15) is 0 Å². The normalized spacial score (nSPS) is 19.3. The van der Waals surface area contributed by atoms with E-state index in [1.165, 1.54) is 24.5 Å². The van der Waals surface area contributed by atoms with Crippen LogP contribution in [0.5, 0.6) is 0 Å². The van der Waals surface area contributed by atoms with Gasteiger partial charge in [0.2, 0.25) is 0 Å². The van der Waals surface area contributed by atoms with Crippen LogP contribution in [0.25, 0.3) is 0 Å². The van der Waals surface area contributed by atoms with E-state index in [-0.39, 0.29) is 0 Å². The van der Waals surface area contributed by atoms with Gasteiger partial charge in [-0.3, -0.25) is 9.80 Å². The van der Waals surface area contributed by atoms with E-state index in [0.717, 1.165) is 26.2 Å². The molecule has 2 heterocycles. The fourth-order valence-corrected chi connectivity index (χ4v) is 3.52. The molecule has 1 atom stereocenters. The molecule has 0 radical (unpaired) electrons. The summed E-state index contributed by atoms with van der Waals surface area (Å²) >= 11 is 1.89. The Hall–Kier alpha value is -0.420. The monoisotopic (exact) mass is 267 g/mol. The number of likely N-dealkylation sites (N-methyl/N-ethyl adjacent to an activating group) is 1. The summed E-state index contributed by atoms with van der Waals surface area (Å²) in [5.74, 6) is 0. The first kappa shape index (κ1) is 14.0. The second-order valence-electron chi connectivity index (χ2n) is 4.80. The van der Waals surface area contributed by atoms with Gasteiger partial charge in [-0.15, -0.1) is 11.3 Å². The first-order valence-electron chi connectivity index (χ1n) is 7.05. The number of hydrogen-bond donors (Lipinski definition) is 1. The van der Waals surface area contributed by atoms with Crippen LogP contribution in [-0.4, -0.2) is 55.6 Å². The molecule has 102 valence electrons. The average molecular weight is 267 g/mol. The quantitative estimate of drug-likeness (QED) is 0.851. The molecule has 2 rings (SSSR count). The van der Waals surface area contributed by atoms with Crippen LogP contribution in [0.15, 0.2) is 17.5 Å². The van der Waals surface area contributed by atoms with Crippen LogP contribution in [-0.2, 0) is 0 Å². The van der Waals surface area contributed by atoms with Crippen LogP contribution in [0.2, 0.25) is 0 Å². The standard InChI is InChI=1S/C14H25N3S/c1-3-17(4-2)13(14-6-5-11-18-14)12-16-9-7-15-8-10-16/h5-6,11,13,15H,3-4,7-10,12H2,1-2H3. The molecule has 1 aromatic heterocycles. The predicted molar refractivity (Wildman–Crippen MR) is 79.3 cm³/mol. The van der Waals surface area contributed by atoms with Gasteiger partial charge in [0.1, 0.15) is 0 Å². The van der Waals surface area contributed by atoms with E-state index < -0.39 is 0 Å². The van der Waals surface area contributed by atoms with Gasteiger partial charge in [-0.25, -0.2) is 0 Å². The largest absolute Gasteiger partial charge is 0.314 e. The first-order chi connectivity index (χ1) is 8.85. The molecule has 1 aliphatic rings. The smallest absolute Gasteiger partial charge is 0.0568 e. The van der Waals surface area contributed by atoms with E-state index in [1.807, 2.05) is 11.3 Å². The molecule has 1 fully saturated rings. The van der Waals surface area contributed by atoms with Crippen molar-refractivity contribution >= 4 is 11.3 Å². The minimum absolute atomic E-state index is 0.568. The van der Waals surface area contributed by atoms with Crippen molar-refractivity contribution in [3.8, 4) is 0 Å². The minimum Gasteiger partial charge on any atom is -0.314 e. The molecule has 0 saturated carbocycles. The second kappa shape index (κ2) is 7.24.